The number of rotatable bonds is 6. The van der Waals surface area contributed by atoms with Crippen molar-refractivity contribution in [3.8, 4) is 5.75 Å². The molecule has 1 atom stereocenters. The molecule has 1 N–H and O–H groups in total. The van der Waals surface area contributed by atoms with Crippen LogP contribution in [0.15, 0.2) is 60.8 Å². The number of carbonyl (C=O) groups excluding carboxylic acids is 2. The quantitative estimate of drug-likeness (QED) is 0.667. The van der Waals surface area contributed by atoms with Gasteiger partial charge in [-0.15, -0.1) is 0 Å². The van der Waals surface area contributed by atoms with E-state index in [0.717, 1.165) is 16.8 Å². The van der Waals surface area contributed by atoms with Crippen LogP contribution in [0.5, 0.6) is 5.75 Å². The van der Waals surface area contributed by atoms with Crippen LogP contribution < -0.4 is 10.1 Å². The Morgan fingerprint density at radius 1 is 1.13 bits per heavy atom. The van der Waals surface area contributed by atoms with Crippen molar-refractivity contribution in [3.05, 3.63) is 77.6 Å². The summed E-state index contributed by atoms with van der Waals surface area (Å²) in [6.07, 6.45) is 2.96. The first-order valence-corrected chi connectivity index (χ1v) is 10.3. The van der Waals surface area contributed by atoms with Gasteiger partial charge in [-0.3, -0.25) is 14.3 Å². The van der Waals surface area contributed by atoms with Crippen LogP contribution in [0, 0.1) is 0 Å². The summed E-state index contributed by atoms with van der Waals surface area (Å²) in [6, 6.07) is 17.2. The number of aromatic nitrogens is 2. The van der Waals surface area contributed by atoms with Gasteiger partial charge in [0, 0.05) is 38.3 Å². The molecule has 0 saturated carbocycles. The third-order valence-corrected chi connectivity index (χ3v) is 5.54. The zero-order valence-corrected chi connectivity index (χ0v) is 17.7. The van der Waals surface area contributed by atoms with Gasteiger partial charge < -0.3 is 15.0 Å². The molecule has 0 saturated heterocycles. The van der Waals surface area contributed by atoms with Crippen LogP contribution in [0.25, 0.3) is 0 Å². The summed E-state index contributed by atoms with van der Waals surface area (Å²) in [5.74, 6) is -0.127. The highest BCUT2D eigenvalue weighted by atomic mass is 16.5. The molecule has 0 aliphatic carbocycles. The van der Waals surface area contributed by atoms with Crippen LogP contribution in [0.4, 0.5) is 5.69 Å². The molecule has 0 radical (unpaired) electrons. The molecule has 1 aromatic heterocycles. The normalized spacial score (nSPS) is 15.3. The minimum atomic E-state index is -0.546. The van der Waals surface area contributed by atoms with Gasteiger partial charge in [0.1, 0.15) is 11.7 Å². The standard InChI is InChI=1S/C24H26N4O3/c1-27-14-18-15-28(22(29)13-12-17-8-4-3-5-9-17)16-19(23(18)26-27)24(30)25-20-10-6-7-11-21(20)31-2/h3-11,14,19H,12-13,15-16H2,1-2H3,(H,25,30). The fourth-order valence-corrected chi connectivity index (χ4v) is 3.97. The topological polar surface area (TPSA) is 76.5 Å². The molecule has 0 fully saturated rings. The monoisotopic (exact) mass is 418 g/mol. The molecular formula is C24H26N4O3. The van der Waals surface area contributed by atoms with Gasteiger partial charge in [-0.2, -0.15) is 5.10 Å². The van der Waals surface area contributed by atoms with Crippen LogP contribution >= 0.6 is 0 Å². The molecule has 7 heteroatoms. The van der Waals surface area contributed by atoms with Gasteiger partial charge in [-0.1, -0.05) is 42.5 Å². The van der Waals surface area contributed by atoms with Crippen molar-refractivity contribution in [2.24, 2.45) is 7.05 Å². The molecule has 160 valence electrons. The van der Waals surface area contributed by atoms with Crippen molar-refractivity contribution >= 4 is 17.5 Å². The van der Waals surface area contributed by atoms with Gasteiger partial charge in [0.2, 0.25) is 11.8 Å². The minimum absolute atomic E-state index is 0.0356. The molecule has 2 aromatic carbocycles. The van der Waals surface area contributed by atoms with Crippen molar-refractivity contribution in [3.63, 3.8) is 0 Å². The lowest BCUT2D eigenvalue weighted by molar-refractivity contribution is -0.133. The number of nitrogens with zero attached hydrogens (tertiary/aromatic N) is 3. The number of aryl methyl sites for hydroxylation is 2. The second-order valence-electron chi connectivity index (χ2n) is 7.72. The third kappa shape index (κ3) is 4.60. The van der Waals surface area contributed by atoms with E-state index in [0.29, 0.717) is 37.4 Å². The maximum atomic E-state index is 13.2. The smallest absolute Gasteiger partial charge is 0.235 e. The van der Waals surface area contributed by atoms with E-state index in [2.05, 4.69) is 10.4 Å². The van der Waals surface area contributed by atoms with Crippen LogP contribution in [0.1, 0.15) is 29.2 Å². The number of hydrogen-bond acceptors (Lipinski definition) is 4. The Morgan fingerprint density at radius 3 is 2.65 bits per heavy atom. The number of para-hydroxylation sites is 2. The van der Waals surface area contributed by atoms with Crippen molar-refractivity contribution in [2.45, 2.75) is 25.3 Å². The average molecular weight is 418 g/mol. The lowest BCUT2D eigenvalue weighted by Gasteiger charge is -2.31. The molecule has 1 unspecified atom stereocenters. The van der Waals surface area contributed by atoms with Crippen LogP contribution in [0.3, 0.4) is 0 Å². The van der Waals surface area contributed by atoms with E-state index in [4.69, 9.17) is 4.74 Å². The Hall–Kier alpha value is -3.61. The van der Waals surface area contributed by atoms with Gasteiger partial charge in [0.15, 0.2) is 0 Å². The number of amides is 2. The average Bonchev–Trinajstić information content (AvgIpc) is 3.17. The number of carbonyl (C=O) groups is 2. The number of nitrogens with one attached hydrogen (secondary N) is 1. The Morgan fingerprint density at radius 2 is 1.87 bits per heavy atom. The molecule has 7 nitrogen and oxygen atoms in total. The minimum Gasteiger partial charge on any atom is -0.495 e. The van der Waals surface area contributed by atoms with E-state index in [1.54, 1.807) is 28.8 Å². The van der Waals surface area contributed by atoms with Gasteiger partial charge in [-0.25, -0.2) is 0 Å². The Balaban J connectivity index is 1.51. The fourth-order valence-electron chi connectivity index (χ4n) is 3.97. The van der Waals surface area contributed by atoms with Crippen molar-refractivity contribution in [2.75, 3.05) is 19.0 Å². The van der Waals surface area contributed by atoms with Crippen molar-refractivity contribution < 1.29 is 14.3 Å². The zero-order valence-electron chi connectivity index (χ0n) is 17.7. The first kappa shape index (κ1) is 20.7. The number of benzene rings is 2. The van der Waals surface area contributed by atoms with Crippen LogP contribution in [-0.2, 0) is 29.6 Å². The maximum absolute atomic E-state index is 13.2. The predicted octanol–water partition coefficient (Wildman–Crippen LogP) is 3.13. The molecule has 31 heavy (non-hydrogen) atoms. The summed E-state index contributed by atoms with van der Waals surface area (Å²) in [5, 5.41) is 7.46. The van der Waals surface area contributed by atoms with E-state index in [1.807, 2.05) is 55.7 Å². The van der Waals surface area contributed by atoms with Gasteiger partial charge in [-0.05, 0) is 24.1 Å². The lowest BCUT2D eigenvalue weighted by Crippen LogP contribution is -2.42. The van der Waals surface area contributed by atoms with Gasteiger partial charge in [0.05, 0.1) is 18.5 Å². The predicted molar refractivity (Wildman–Crippen MR) is 118 cm³/mol. The molecule has 1 aliphatic rings. The summed E-state index contributed by atoms with van der Waals surface area (Å²) in [7, 11) is 3.39. The van der Waals surface area contributed by atoms with Crippen LogP contribution in [0.2, 0.25) is 0 Å². The van der Waals surface area contributed by atoms with E-state index in [9.17, 15) is 9.59 Å². The van der Waals surface area contributed by atoms with Crippen molar-refractivity contribution in [1.82, 2.24) is 14.7 Å². The molecule has 2 heterocycles. The largest absolute Gasteiger partial charge is 0.495 e. The molecule has 4 rings (SSSR count). The summed E-state index contributed by atoms with van der Waals surface area (Å²) in [4.78, 5) is 27.9. The maximum Gasteiger partial charge on any atom is 0.235 e. The van der Waals surface area contributed by atoms with E-state index in [1.165, 1.54) is 0 Å². The Bertz CT molecular complexity index is 1080. The molecule has 1 aliphatic heterocycles. The fraction of sp³-hybridized carbons (Fsp3) is 0.292. The highest BCUT2D eigenvalue weighted by Gasteiger charge is 2.35. The highest BCUT2D eigenvalue weighted by molar-refractivity contribution is 5.97. The zero-order chi connectivity index (χ0) is 21.8. The van der Waals surface area contributed by atoms with Gasteiger partial charge in [0.25, 0.3) is 0 Å². The van der Waals surface area contributed by atoms with Crippen LogP contribution in [-0.4, -0.2) is 40.1 Å². The molecule has 3 aromatic rings. The first-order chi connectivity index (χ1) is 15.0. The SMILES string of the molecule is COc1ccccc1NC(=O)C1CN(C(=O)CCc2ccccc2)Cc2cn(C)nc21. The van der Waals surface area contributed by atoms with E-state index < -0.39 is 5.92 Å². The Kier molecular flexibility index (Phi) is 6.02. The second-order valence-corrected chi connectivity index (χ2v) is 7.72. The summed E-state index contributed by atoms with van der Waals surface area (Å²) in [6.45, 7) is 0.772. The Labute approximate surface area is 181 Å². The summed E-state index contributed by atoms with van der Waals surface area (Å²) in [5.41, 5.74) is 3.35. The third-order valence-electron chi connectivity index (χ3n) is 5.54. The molecule has 0 spiro atoms. The summed E-state index contributed by atoms with van der Waals surface area (Å²) >= 11 is 0. The second kappa shape index (κ2) is 9.04. The number of fused-ring (bicyclic) bond motifs is 1. The first-order valence-electron chi connectivity index (χ1n) is 10.3. The highest BCUT2D eigenvalue weighted by Crippen LogP contribution is 2.30. The van der Waals surface area contributed by atoms with E-state index >= 15 is 0 Å². The lowest BCUT2D eigenvalue weighted by atomic mass is 9.95. The molecule has 0 bridgehead atoms. The number of anilines is 1. The van der Waals surface area contributed by atoms with E-state index in [-0.39, 0.29) is 11.8 Å². The summed E-state index contributed by atoms with van der Waals surface area (Å²) < 4.78 is 7.04. The number of ether oxygens (including phenoxy) is 1. The van der Waals surface area contributed by atoms with Gasteiger partial charge >= 0.3 is 0 Å². The number of methoxy groups -OCH3 is 1. The van der Waals surface area contributed by atoms with Crippen molar-refractivity contribution in [1.29, 1.82) is 0 Å². The number of hydrogen-bond donors (Lipinski definition) is 1. The molecular weight excluding hydrogens is 392 g/mol. The molecule has 2 amide bonds.